The number of hydrogen-bond donors (Lipinski definition) is 0. The molecule has 1 fully saturated rings. The minimum absolute atomic E-state index is 0.245. The van der Waals surface area contributed by atoms with Gasteiger partial charge in [0.2, 0.25) is 0 Å². The van der Waals surface area contributed by atoms with Gasteiger partial charge in [-0.3, -0.25) is 0 Å². The molecule has 5 nitrogen and oxygen atoms in total. The molecule has 2 heterocycles. The number of benzene rings is 1. The number of likely N-dealkylation sites (tertiary alicyclic amines) is 1. The van der Waals surface area contributed by atoms with E-state index in [2.05, 4.69) is 4.98 Å². The smallest absolute Gasteiger partial charge is 0.410 e. The first-order valence-electron chi connectivity index (χ1n) is 7.60. The van der Waals surface area contributed by atoms with Crippen LogP contribution in [0.2, 0.25) is 0 Å². The molecule has 1 aromatic carbocycles. The Balaban J connectivity index is 1.47. The normalized spacial score (nSPS) is 15.8. The number of amides is 1. The summed E-state index contributed by atoms with van der Waals surface area (Å²) < 4.78 is 10.9. The van der Waals surface area contributed by atoms with Crippen LogP contribution < -0.4 is 0 Å². The molecule has 1 amide bonds. The fourth-order valence-electron chi connectivity index (χ4n) is 2.68. The standard InChI is InChI=1S/C17H20N2O3/c1-13-11-18-16(22-13)15-7-9-19(10-8-15)17(20)21-12-14-5-3-2-4-6-14/h2-6,11,15H,7-10,12H2,1H3. The van der Waals surface area contributed by atoms with E-state index in [9.17, 15) is 4.79 Å². The van der Waals surface area contributed by atoms with E-state index in [1.54, 1.807) is 11.1 Å². The number of aromatic nitrogens is 1. The van der Waals surface area contributed by atoms with Gasteiger partial charge in [0.1, 0.15) is 12.4 Å². The summed E-state index contributed by atoms with van der Waals surface area (Å²) in [6, 6.07) is 9.72. The second kappa shape index (κ2) is 6.64. The first-order chi connectivity index (χ1) is 10.7. The lowest BCUT2D eigenvalue weighted by Crippen LogP contribution is -2.38. The van der Waals surface area contributed by atoms with Crippen molar-refractivity contribution in [1.82, 2.24) is 9.88 Å². The lowest BCUT2D eigenvalue weighted by molar-refractivity contribution is 0.0855. The zero-order valence-electron chi connectivity index (χ0n) is 12.7. The summed E-state index contributed by atoms with van der Waals surface area (Å²) in [5.41, 5.74) is 1.00. The molecular weight excluding hydrogens is 280 g/mol. The van der Waals surface area contributed by atoms with Gasteiger partial charge in [-0.05, 0) is 25.3 Å². The molecule has 1 aliphatic rings. The molecule has 1 saturated heterocycles. The summed E-state index contributed by atoms with van der Waals surface area (Å²) in [5.74, 6) is 1.92. The van der Waals surface area contributed by atoms with Gasteiger partial charge in [-0.15, -0.1) is 0 Å². The number of aryl methyl sites for hydroxylation is 1. The molecule has 0 saturated carbocycles. The molecule has 5 heteroatoms. The summed E-state index contributed by atoms with van der Waals surface area (Å²) in [6.07, 6.45) is 3.22. The fraction of sp³-hybridized carbons (Fsp3) is 0.412. The summed E-state index contributed by atoms with van der Waals surface area (Å²) in [7, 11) is 0. The van der Waals surface area contributed by atoms with Crippen molar-refractivity contribution in [2.45, 2.75) is 32.3 Å². The summed E-state index contributed by atoms with van der Waals surface area (Å²) >= 11 is 0. The average molecular weight is 300 g/mol. The van der Waals surface area contributed by atoms with Crippen LogP contribution in [0.4, 0.5) is 4.79 Å². The molecule has 22 heavy (non-hydrogen) atoms. The number of carbonyl (C=O) groups is 1. The van der Waals surface area contributed by atoms with Crippen molar-refractivity contribution < 1.29 is 13.9 Å². The van der Waals surface area contributed by atoms with Crippen molar-refractivity contribution in [1.29, 1.82) is 0 Å². The highest BCUT2D eigenvalue weighted by atomic mass is 16.6. The van der Waals surface area contributed by atoms with Crippen LogP contribution in [0.5, 0.6) is 0 Å². The third-order valence-electron chi connectivity index (χ3n) is 3.95. The number of oxazole rings is 1. The Kier molecular flexibility index (Phi) is 4.42. The second-order valence-electron chi connectivity index (χ2n) is 5.61. The average Bonchev–Trinajstić information content (AvgIpc) is 3.00. The lowest BCUT2D eigenvalue weighted by Gasteiger charge is -2.29. The molecular formula is C17H20N2O3. The molecule has 0 N–H and O–H groups in total. The van der Waals surface area contributed by atoms with Crippen LogP contribution in [-0.4, -0.2) is 29.1 Å². The Bertz CT molecular complexity index is 616. The molecule has 0 aliphatic carbocycles. The zero-order chi connectivity index (χ0) is 15.4. The van der Waals surface area contributed by atoms with Gasteiger partial charge in [-0.2, -0.15) is 0 Å². The maximum absolute atomic E-state index is 12.1. The third-order valence-corrected chi connectivity index (χ3v) is 3.95. The Morgan fingerprint density at radius 1 is 1.32 bits per heavy atom. The molecule has 3 rings (SSSR count). The number of hydrogen-bond acceptors (Lipinski definition) is 4. The van der Waals surface area contributed by atoms with E-state index in [4.69, 9.17) is 9.15 Å². The lowest BCUT2D eigenvalue weighted by atomic mass is 9.97. The third kappa shape index (κ3) is 3.47. The summed E-state index contributed by atoms with van der Waals surface area (Å²) in [4.78, 5) is 18.1. The summed E-state index contributed by atoms with van der Waals surface area (Å²) in [6.45, 7) is 3.57. The van der Waals surface area contributed by atoms with Crippen LogP contribution in [0.25, 0.3) is 0 Å². The van der Waals surface area contributed by atoms with Gasteiger partial charge < -0.3 is 14.1 Å². The fourth-order valence-corrected chi connectivity index (χ4v) is 2.68. The van der Waals surface area contributed by atoms with Crippen molar-refractivity contribution in [2.75, 3.05) is 13.1 Å². The van der Waals surface area contributed by atoms with Gasteiger partial charge in [0.25, 0.3) is 0 Å². The highest BCUT2D eigenvalue weighted by Crippen LogP contribution is 2.27. The molecule has 0 spiro atoms. The van der Waals surface area contributed by atoms with Crippen molar-refractivity contribution in [3.05, 3.63) is 53.7 Å². The molecule has 116 valence electrons. The molecule has 0 radical (unpaired) electrons. The predicted molar refractivity (Wildman–Crippen MR) is 81.4 cm³/mol. The van der Waals surface area contributed by atoms with Gasteiger partial charge in [0.15, 0.2) is 5.89 Å². The van der Waals surface area contributed by atoms with Crippen LogP contribution in [0.1, 0.15) is 36.0 Å². The molecule has 0 atom stereocenters. The molecule has 1 aromatic heterocycles. The van der Waals surface area contributed by atoms with Gasteiger partial charge in [-0.25, -0.2) is 9.78 Å². The van der Waals surface area contributed by atoms with Gasteiger partial charge in [-0.1, -0.05) is 30.3 Å². The van der Waals surface area contributed by atoms with Crippen LogP contribution in [0.15, 0.2) is 40.9 Å². The molecule has 0 bridgehead atoms. The minimum atomic E-state index is -0.245. The van der Waals surface area contributed by atoms with Crippen LogP contribution in [0.3, 0.4) is 0 Å². The topological polar surface area (TPSA) is 55.6 Å². The van der Waals surface area contributed by atoms with E-state index in [1.165, 1.54) is 0 Å². The Morgan fingerprint density at radius 2 is 2.05 bits per heavy atom. The highest BCUT2D eigenvalue weighted by Gasteiger charge is 2.27. The van der Waals surface area contributed by atoms with E-state index >= 15 is 0 Å². The second-order valence-corrected chi connectivity index (χ2v) is 5.61. The highest BCUT2D eigenvalue weighted by molar-refractivity contribution is 5.67. The molecule has 0 unspecified atom stereocenters. The number of ether oxygens (including phenoxy) is 1. The zero-order valence-corrected chi connectivity index (χ0v) is 12.7. The Morgan fingerprint density at radius 3 is 2.68 bits per heavy atom. The van der Waals surface area contributed by atoms with Crippen LogP contribution >= 0.6 is 0 Å². The van der Waals surface area contributed by atoms with E-state index < -0.39 is 0 Å². The van der Waals surface area contributed by atoms with Crippen molar-refractivity contribution in [3.8, 4) is 0 Å². The first kappa shape index (κ1) is 14.6. The van der Waals surface area contributed by atoms with Crippen LogP contribution in [0, 0.1) is 6.92 Å². The Hall–Kier alpha value is -2.30. The quantitative estimate of drug-likeness (QED) is 0.870. The number of piperidine rings is 1. The first-order valence-corrected chi connectivity index (χ1v) is 7.60. The van der Waals surface area contributed by atoms with Crippen molar-refractivity contribution >= 4 is 6.09 Å². The van der Waals surface area contributed by atoms with Gasteiger partial charge >= 0.3 is 6.09 Å². The van der Waals surface area contributed by atoms with Crippen LogP contribution in [-0.2, 0) is 11.3 Å². The number of carbonyl (C=O) groups excluding carboxylic acids is 1. The van der Waals surface area contributed by atoms with E-state index in [-0.39, 0.29) is 6.09 Å². The van der Waals surface area contributed by atoms with E-state index in [0.717, 1.165) is 30.1 Å². The monoisotopic (exact) mass is 300 g/mol. The minimum Gasteiger partial charge on any atom is -0.446 e. The number of nitrogens with zero attached hydrogens (tertiary/aromatic N) is 2. The molecule has 1 aliphatic heterocycles. The number of rotatable bonds is 3. The van der Waals surface area contributed by atoms with E-state index in [1.807, 2.05) is 37.3 Å². The Labute approximate surface area is 129 Å². The van der Waals surface area contributed by atoms with Gasteiger partial charge in [0, 0.05) is 19.0 Å². The maximum Gasteiger partial charge on any atom is 0.410 e. The SMILES string of the molecule is Cc1cnc(C2CCN(C(=O)OCc3ccccc3)CC2)o1. The predicted octanol–water partition coefficient (Wildman–Crippen LogP) is 3.50. The largest absolute Gasteiger partial charge is 0.446 e. The molecule has 2 aromatic rings. The van der Waals surface area contributed by atoms with Gasteiger partial charge in [0.05, 0.1) is 6.20 Å². The van der Waals surface area contributed by atoms with Crippen molar-refractivity contribution in [2.24, 2.45) is 0 Å². The van der Waals surface area contributed by atoms with E-state index in [0.29, 0.717) is 25.6 Å². The van der Waals surface area contributed by atoms with Crippen molar-refractivity contribution in [3.63, 3.8) is 0 Å². The maximum atomic E-state index is 12.1. The summed E-state index contributed by atoms with van der Waals surface area (Å²) in [5, 5.41) is 0.